The molecular weight excluding hydrogens is 238 g/mol. The Morgan fingerprint density at radius 1 is 1.53 bits per heavy atom. The highest BCUT2D eigenvalue weighted by Gasteiger charge is 2.08. The van der Waals surface area contributed by atoms with Crippen LogP contribution in [0.5, 0.6) is 0 Å². The summed E-state index contributed by atoms with van der Waals surface area (Å²) in [5, 5.41) is 3.35. The SMILES string of the molecule is CNCC(=O)c1ccc(-n2ccnc2)c(Cl)c1. The fourth-order valence-corrected chi connectivity index (χ4v) is 1.83. The Labute approximate surface area is 104 Å². The second-order valence-corrected chi connectivity index (χ2v) is 4.00. The van der Waals surface area contributed by atoms with Gasteiger partial charge in [-0.3, -0.25) is 4.79 Å². The number of aromatic nitrogens is 2. The summed E-state index contributed by atoms with van der Waals surface area (Å²) in [6.45, 7) is 0.306. The lowest BCUT2D eigenvalue weighted by Gasteiger charge is -2.07. The number of imidazole rings is 1. The number of rotatable bonds is 4. The molecule has 4 nitrogen and oxygen atoms in total. The number of likely N-dealkylation sites (N-methyl/N-ethyl adjacent to an activating group) is 1. The summed E-state index contributed by atoms with van der Waals surface area (Å²) in [4.78, 5) is 15.6. The summed E-state index contributed by atoms with van der Waals surface area (Å²) in [5.41, 5.74) is 1.42. The number of benzene rings is 1. The first-order valence-corrected chi connectivity index (χ1v) is 5.56. The third kappa shape index (κ3) is 2.54. The molecule has 0 saturated carbocycles. The Morgan fingerprint density at radius 3 is 2.94 bits per heavy atom. The smallest absolute Gasteiger partial charge is 0.176 e. The van der Waals surface area contributed by atoms with E-state index in [0.29, 0.717) is 17.1 Å². The molecule has 0 atom stereocenters. The minimum absolute atomic E-state index is 0.0200. The Kier molecular flexibility index (Phi) is 3.56. The van der Waals surface area contributed by atoms with Crippen molar-refractivity contribution in [1.82, 2.24) is 14.9 Å². The van der Waals surface area contributed by atoms with Crippen LogP contribution in [0.3, 0.4) is 0 Å². The number of hydrogen-bond donors (Lipinski definition) is 1. The summed E-state index contributed by atoms with van der Waals surface area (Å²) in [6, 6.07) is 5.25. The van der Waals surface area contributed by atoms with Crippen LogP contribution in [0, 0.1) is 0 Å². The van der Waals surface area contributed by atoms with E-state index in [1.807, 2.05) is 6.07 Å². The van der Waals surface area contributed by atoms with Crippen molar-refractivity contribution in [1.29, 1.82) is 0 Å². The Bertz CT molecular complexity index is 523. The fourth-order valence-electron chi connectivity index (χ4n) is 1.55. The largest absolute Gasteiger partial charge is 0.313 e. The monoisotopic (exact) mass is 249 g/mol. The van der Waals surface area contributed by atoms with E-state index < -0.39 is 0 Å². The van der Waals surface area contributed by atoms with Crippen molar-refractivity contribution in [3.63, 3.8) is 0 Å². The number of nitrogens with one attached hydrogen (secondary N) is 1. The molecule has 0 unspecified atom stereocenters. The molecule has 5 heteroatoms. The summed E-state index contributed by atoms with van der Waals surface area (Å²) in [7, 11) is 1.74. The number of carbonyl (C=O) groups is 1. The van der Waals surface area contributed by atoms with Crippen LogP contribution in [0.1, 0.15) is 10.4 Å². The molecule has 0 fully saturated rings. The molecule has 1 N–H and O–H groups in total. The van der Waals surface area contributed by atoms with Gasteiger partial charge in [-0.1, -0.05) is 11.6 Å². The van der Waals surface area contributed by atoms with Gasteiger partial charge in [0, 0.05) is 18.0 Å². The second kappa shape index (κ2) is 5.12. The Balaban J connectivity index is 2.32. The van der Waals surface area contributed by atoms with E-state index in [-0.39, 0.29) is 5.78 Å². The fraction of sp³-hybridized carbons (Fsp3) is 0.167. The molecule has 0 radical (unpaired) electrons. The van der Waals surface area contributed by atoms with E-state index in [1.54, 1.807) is 42.5 Å². The average molecular weight is 250 g/mol. The first kappa shape index (κ1) is 11.8. The van der Waals surface area contributed by atoms with Crippen LogP contribution in [-0.4, -0.2) is 28.9 Å². The maximum Gasteiger partial charge on any atom is 0.176 e. The van der Waals surface area contributed by atoms with Gasteiger partial charge in [0.05, 0.1) is 23.6 Å². The van der Waals surface area contributed by atoms with Gasteiger partial charge in [-0.2, -0.15) is 0 Å². The van der Waals surface area contributed by atoms with E-state index >= 15 is 0 Å². The van der Waals surface area contributed by atoms with E-state index in [1.165, 1.54) is 0 Å². The van der Waals surface area contributed by atoms with Crippen LogP contribution in [-0.2, 0) is 0 Å². The van der Waals surface area contributed by atoms with Crippen molar-refractivity contribution in [2.75, 3.05) is 13.6 Å². The number of Topliss-reactive ketones (excluding diaryl/α,β-unsaturated/α-hetero) is 1. The molecule has 0 amide bonds. The van der Waals surface area contributed by atoms with E-state index in [9.17, 15) is 4.79 Å². The van der Waals surface area contributed by atoms with E-state index in [4.69, 9.17) is 11.6 Å². The molecule has 1 aromatic carbocycles. The molecule has 0 aliphatic heterocycles. The van der Waals surface area contributed by atoms with Gasteiger partial charge >= 0.3 is 0 Å². The Hall–Kier alpha value is -1.65. The van der Waals surface area contributed by atoms with E-state index in [0.717, 1.165) is 5.69 Å². The first-order chi connectivity index (χ1) is 8.22. The predicted molar refractivity (Wildman–Crippen MR) is 66.8 cm³/mol. The van der Waals surface area contributed by atoms with Crippen molar-refractivity contribution in [3.8, 4) is 5.69 Å². The van der Waals surface area contributed by atoms with Crippen LogP contribution < -0.4 is 5.32 Å². The number of nitrogens with zero attached hydrogens (tertiary/aromatic N) is 2. The van der Waals surface area contributed by atoms with Crippen LogP contribution >= 0.6 is 11.6 Å². The topological polar surface area (TPSA) is 46.9 Å². The van der Waals surface area contributed by atoms with Crippen LogP contribution in [0.25, 0.3) is 5.69 Å². The van der Waals surface area contributed by atoms with Crippen molar-refractivity contribution < 1.29 is 4.79 Å². The Morgan fingerprint density at radius 2 is 2.35 bits per heavy atom. The van der Waals surface area contributed by atoms with Gasteiger partial charge in [0.15, 0.2) is 5.78 Å². The lowest BCUT2D eigenvalue weighted by Crippen LogP contribution is -2.18. The highest BCUT2D eigenvalue weighted by atomic mass is 35.5. The zero-order valence-electron chi connectivity index (χ0n) is 9.35. The van der Waals surface area contributed by atoms with E-state index in [2.05, 4.69) is 10.3 Å². The minimum atomic E-state index is 0.0200. The van der Waals surface area contributed by atoms with Gasteiger partial charge in [-0.25, -0.2) is 4.98 Å². The summed E-state index contributed by atoms with van der Waals surface area (Å²) < 4.78 is 1.80. The molecule has 0 aliphatic rings. The highest BCUT2D eigenvalue weighted by Crippen LogP contribution is 2.21. The van der Waals surface area contributed by atoms with Crippen molar-refractivity contribution >= 4 is 17.4 Å². The van der Waals surface area contributed by atoms with Gasteiger partial charge in [0.1, 0.15) is 0 Å². The van der Waals surface area contributed by atoms with Gasteiger partial charge in [-0.05, 0) is 25.2 Å². The maximum atomic E-state index is 11.7. The molecule has 0 saturated heterocycles. The molecule has 88 valence electrons. The third-order valence-electron chi connectivity index (χ3n) is 2.39. The number of halogens is 1. The molecule has 0 aliphatic carbocycles. The molecule has 0 spiro atoms. The van der Waals surface area contributed by atoms with Gasteiger partial charge in [0.25, 0.3) is 0 Å². The van der Waals surface area contributed by atoms with Crippen molar-refractivity contribution in [2.45, 2.75) is 0 Å². The summed E-state index contributed by atoms with van der Waals surface area (Å²) in [5.74, 6) is 0.0200. The van der Waals surface area contributed by atoms with Crippen molar-refractivity contribution in [3.05, 3.63) is 47.5 Å². The third-order valence-corrected chi connectivity index (χ3v) is 2.69. The molecule has 1 heterocycles. The van der Waals surface area contributed by atoms with Gasteiger partial charge < -0.3 is 9.88 Å². The van der Waals surface area contributed by atoms with Crippen LogP contribution in [0.4, 0.5) is 0 Å². The summed E-state index contributed by atoms with van der Waals surface area (Å²) in [6.07, 6.45) is 5.14. The number of hydrogen-bond acceptors (Lipinski definition) is 3. The second-order valence-electron chi connectivity index (χ2n) is 3.59. The average Bonchev–Trinajstić information content (AvgIpc) is 2.82. The summed E-state index contributed by atoms with van der Waals surface area (Å²) >= 11 is 6.14. The minimum Gasteiger partial charge on any atom is -0.313 e. The standard InChI is InChI=1S/C12H12ClN3O/c1-14-7-12(17)9-2-3-11(10(13)6-9)16-5-4-15-8-16/h2-6,8,14H,7H2,1H3. The molecule has 0 bridgehead atoms. The maximum absolute atomic E-state index is 11.7. The lowest BCUT2D eigenvalue weighted by molar-refractivity contribution is 0.0993. The number of carbonyl (C=O) groups excluding carboxylic acids is 1. The zero-order valence-corrected chi connectivity index (χ0v) is 10.1. The number of ketones is 1. The molecule has 2 rings (SSSR count). The first-order valence-electron chi connectivity index (χ1n) is 5.18. The predicted octanol–water partition coefficient (Wildman–Crippen LogP) is 1.93. The molecule has 2 aromatic rings. The molecule has 1 aromatic heterocycles. The van der Waals surface area contributed by atoms with Crippen molar-refractivity contribution in [2.24, 2.45) is 0 Å². The van der Waals surface area contributed by atoms with Gasteiger partial charge in [0.2, 0.25) is 0 Å². The lowest BCUT2D eigenvalue weighted by atomic mass is 10.1. The van der Waals surface area contributed by atoms with Crippen LogP contribution in [0.15, 0.2) is 36.9 Å². The normalized spacial score (nSPS) is 10.5. The van der Waals surface area contributed by atoms with Crippen LogP contribution in [0.2, 0.25) is 5.02 Å². The zero-order chi connectivity index (χ0) is 12.3. The molecular formula is C12H12ClN3O. The quantitative estimate of drug-likeness (QED) is 0.843. The molecule has 17 heavy (non-hydrogen) atoms. The van der Waals surface area contributed by atoms with Gasteiger partial charge in [-0.15, -0.1) is 0 Å². The highest BCUT2D eigenvalue weighted by molar-refractivity contribution is 6.32.